The van der Waals surface area contributed by atoms with Gasteiger partial charge in [-0.3, -0.25) is 4.90 Å². The van der Waals surface area contributed by atoms with E-state index in [4.69, 9.17) is 0 Å². The molecular weight excluding hydrogens is 278 g/mol. The summed E-state index contributed by atoms with van der Waals surface area (Å²) in [6.07, 6.45) is 2.48. The lowest BCUT2D eigenvalue weighted by Crippen LogP contribution is -2.37. The molecule has 1 N–H and O–H groups in total. The number of aliphatic hydroxyl groups is 1. The van der Waals surface area contributed by atoms with Gasteiger partial charge < -0.3 is 5.11 Å². The molecule has 0 bridgehead atoms. The van der Waals surface area contributed by atoms with Gasteiger partial charge in [0, 0.05) is 4.47 Å². The first-order valence-corrected chi connectivity index (χ1v) is 7.10. The summed E-state index contributed by atoms with van der Waals surface area (Å²) in [6, 6.07) is 8.42. The van der Waals surface area contributed by atoms with Crippen LogP contribution in [-0.2, 0) is 0 Å². The normalized spacial score (nSPS) is 20.4. The topological polar surface area (TPSA) is 23.5 Å². The van der Waals surface area contributed by atoms with Gasteiger partial charge in [0.15, 0.2) is 0 Å². The molecule has 0 aromatic heterocycles. The van der Waals surface area contributed by atoms with Crippen LogP contribution in [0.4, 0.5) is 0 Å². The Morgan fingerprint density at radius 2 is 2.12 bits per heavy atom. The van der Waals surface area contributed by atoms with E-state index in [9.17, 15) is 5.11 Å². The van der Waals surface area contributed by atoms with Crippen molar-refractivity contribution in [3.05, 3.63) is 34.3 Å². The van der Waals surface area contributed by atoms with E-state index in [0.29, 0.717) is 0 Å². The lowest BCUT2D eigenvalue weighted by atomic mass is 9.96. The van der Waals surface area contributed by atoms with Crippen LogP contribution < -0.4 is 0 Å². The number of hydrogen-bond acceptors (Lipinski definition) is 2. The maximum atomic E-state index is 9.63. The molecule has 1 aliphatic rings. The van der Waals surface area contributed by atoms with Gasteiger partial charge in [-0.25, -0.2) is 0 Å². The van der Waals surface area contributed by atoms with Crippen LogP contribution >= 0.6 is 15.9 Å². The minimum Gasteiger partial charge on any atom is -0.394 e. The van der Waals surface area contributed by atoms with E-state index in [1.54, 1.807) is 0 Å². The van der Waals surface area contributed by atoms with Crippen LogP contribution in [0.3, 0.4) is 0 Å². The number of likely N-dealkylation sites (tertiary alicyclic amines) is 1. The largest absolute Gasteiger partial charge is 0.394 e. The third kappa shape index (κ3) is 3.30. The van der Waals surface area contributed by atoms with Gasteiger partial charge in [0.1, 0.15) is 0 Å². The smallest absolute Gasteiger partial charge is 0.0628 e. The fourth-order valence-corrected chi connectivity index (χ4v) is 2.90. The molecule has 1 aromatic rings. The highest BCUT2D eigenvalue weighted by Crippen LogP contribution is 2.27. The summed E-state index contributed by atoms with van der Waals surface area (Å²) in [7, 11) is 0. The van der Waals surface area contributed by atoms with E-state index >= 15 is 0 Å². The molecular formula is C14H20BrNO. The van der Waals surface area contributed by atoms with Crippen molar-refractivity contribution >= 4 is 15.9 Å². The van der Waals surface area contributed by atoms with Crippen LogP contribution in [0.1, 0.15) is 31.4 Å². The number of benzene rings is 1. The highest BCUT2D eigenvalue weighted by molar-refractivity contribution is 9.10. The second kappa shape index (κ2) is 5.98. The second-order valence-electron chi connectivity index (χ2n) is 4.97. The maximum Gasteiger partial charge on any atom is 0.0628 e. The van der Waals surface area contributed by atoms with Crippen molar-refractivity contribution in [2.24, 2.45) is 5.92 Å². The van der Waals surface area contributed by atoms with Gasteiger partial charge in [0.05, 0.1) is 12.6 Å². The number of aliphatic hydroxyl groups excluding tert-OH is 1. The number of halogens is 1. The second-order valence-corrected chi connectivity index (χ2v) is 5.89. The first-order chi connectivity index (χ1) is 8.20. The highest BCUT2D eigenvalue weighted by atomic mass is 79.9. The van der Waals surface area contributed by atoms with Gasteiger partial charge in [0.2, 0.25) is 0 Å². The average Bonchev–Trinajstić information content (AvgIpc) is 2.33. The Morgan fingerprint density at radius 3 is 2.71 bits per heavy atom. The van der Waals surface area contributed by atoms with Crippen molar-refractivity contribution < 1.29 is 5.11 Å². The van der Waals surface area contributed by atoms with Gasteiger partial charge in [0.25, 0.3) is 0 Å². The Kier molecular flexibility index (Phi) is 4.60. The molecule has 1 aliphatic heterocycles. The van der Waals surface area contributed by atoms with Gasteiger partial charge in [-0.15, -0.1) is 0 Å². The zero-order valence-electron chi connectivity index (χ0n) is 10.3. The quantitative estimate of drug-likeness (QED) is 0.926. The first kappa shape index (κ1) is 13.1. The number of hydrogen-bond donors (Lipinski definition) is 1. The predicted octanol–water partition coefficient (Wildman–Crippen LogP) is 3.21. The van der Waals surface area contributed by atoms with E-state index in [1.165, 1.54) is 18.4 Å². The minimum absolute atomic E-state index is 0.153. The minimum atomic E-state index is 0.153. The standard InChI is InChI=1S/C14H20BrNO/c1-11-5-7-16(8-6-11)14(10-17)12-3-2-4-13(15)9-12/h2-4,9,11,14,17H,5-8,10H2,1H3. The first-order valence-electron chi connectivity index (χ1n) is 6.31. The van der Waals surface area contributed by atoms with Crippen molar-refractivity contribution in [3.63, 3.8) is 0 Å². The van der Waals surface area contributed by atoms with E-state index in [1.807, 2.05) is 12.1 Å². The Hall–Kier alpha value is -0.380. The molecule has 0 aliphatic carbocycles. The van der Waals surface area contributed by atoms with Gasteiger partial charge >= 0.3 is 0 Å². The lowest BCUT2D eigenvalue weighted by Gasteiger charge is -2.36. The van der Waals surface area contributed by atoms with Crippen LogP contribution in [0.5, 0.6) is 0 Å². The van der Waals surface area contributed by atoms with E-state index in [-0.39, 0.29) is 12.6 Å². The maximum absolute atomic E-state index is 9.63. The molecule has 1 unspecified atom stereocenters. The SMILES string of the molecule is CC1CCN(C(CO)c2cccc(Br)c2)CC1. The van der Waals surface area contributed by atoms with E-state index < -0.39 is 0 Å². The van der Waals surface area contributed by atoms with Crippen LogP contribution in [0, 0.1) is 5.92 Å². The van der Waals surface area contributed by atoms with Crippen molar-refractivity contribution in [1.29, 1.82) is 0 Å². The summed E-state index contributed by atoms with van der Waals surface area (Å²) in [5.74, 6) is 0.827. The molecule has 0 spiro atoms. The Labute approximate surface area is 112 Å². The third-order valence-electron chi connectivity index (χ3n) is 3.67. The predicted molar refractivity (Wildman–Crippen MR) is 73.9 cm³/mol. The van der Waals surface area contributed by atoms with Crippen LogP contribution in [0.2, 0.25) is 0 Å². The zero-order chi connectivity index (χ0) is 12.3. The summed E-state index contributed by atoms with van der Waals surface area (Å²) in [4.78, 5) is 2.40. The zero-order valence-corrected chi connectivity index (χ0v) is 11.9. The van der Waals surface area contributed by atoms with Gasteiger partial charge in [-0.1, -0.05) is 35.0 Å². The molecule has 2 nitrogen and oxygen atoms in total. The molecule has 0 radical (unpaired) electrons. The molecule has 1 atom stereocenters. The molecule has 1 heterocycles. The third-order valence-corrected chi connectivity index (χ3v) is 4.16. The molecule has 3 heteroatoms. The molecule has 0 saturated carbocycles. The van der Waals surface area contributed by atoms with Crippen LogP contribution in [0.25, 0.3) is 0 Å². The van der Waals surface area contributed by atoms with E-state index in [0.717, 1.165) is 23.5 Å². The van der Waals surface area contributed by atoms with E-state index in [2.05, 4.69) is 39.9 Å². The summed E-state index contributed by atoms with van der Waals surface area (Å²) in [5, 5.41) is 9.63. The fraction of sp³-hybridized carbons (Fsp3) is 0.571. The molecule has 1 fully saturated rings. The summed E-state index contributed by atoms with van der Waals surface area (Å²) in [6.45, 7) is 4.70. The molecule has 2 rings (SSSR count). The summed E-state index contributed by atoms with van der Waals surface area (Å²) >= 11 is 3.49. The molecule has 0 amide bonds. The summed E-state index contributed by atoms with van der Waals surface area (Å²) < 4.78 is 1.08. The van der Waals surface area contributed by atoms with Crippen LogP contribution in [-0.4, -0.2) is 29.7 Å². The average molecular weight is 298 g/mol. The molecule has 94 valence electrons. The summed E-state index contributed by atoms with van der Waals surface area (Å²) in [5.41, 5.74) is 1.21. The molecule has 1 saturated heterocycles. The Bertz CT molecular complexity index is 361. The highest BCUT2D eigenvalue weighted by Gasteiger charge is 2.23. The van der Waals surface area contributed by atoms with Crippen molar-refractivity contribution in [2.45, 2.75) is 25.8 Å². The molecule has 1 aromatic carbocycles. The fourth-order valence-electron chi connectivity index (χ4n) is 2.49. The number of rotatable bonds is 3. The Morgan fingerprint density at radius 1 is 1.41 bits per heavy atom. The monoisotopic (exact) mass is 297 g/mol. The van der Waals surface area contributed by atoms with Gasteiger partial charge in [-0.05, 0) is 49.5 Å². The van der Waals surface area contributed by atoms with Gasteiger partial charge in [-0.2, -0.15) is 0 Å². The molecule has 17 heavy (non-hydrogen) atoms. The number of piperidine rings is 1. The lowest BCUT2D eigenvalue weighted by molar-refractivity contribution is 0.0896. The number of nitrogens with zero attached hydrogens (tertiary/aromatic N) is 1. The van der Waals surface area contributed by atoms with Crippen molar-refractivity contribution in [2.75, 3.05) is 19.7 Å². The van der Waals surface area contributed by atoms with Crippen molar-refractivity contribution in [3.8, 4) is 0 Å². The Balaban J connectivity index is 2.10. The van der Waals surface area contributed by atoms with Crippen LogP contribution in [0.15, 0.2) is 28.7 Å². The van der Waals surface area contributed by atoms with Crippen molar-refractivity contribution in [1.82, 2.24) is 4.90 Å².